The minimum absolute atomic E-state index is 0.468. The lowest BCUT2D eigenvalue weighted by atomic mass is 9.99. The van der Waals surface area contributed by atoms with Crippen molar-refractivity contribution in [1.82, 2.24) is 0 Å². The van der Waals surface area contributed by atoms with Crippen molar-refractivity contribution in [3.8, 4) is 0 Å². The average molecular weight is 294 g/mol. The molecule has 21 heavy (non-hydrogen) atoms. The van der Waals surface area contributed by atoms with Gasteiger partial charge in [-0.15, -0.1) is 0 Å². The molecular weight excluding hydrogens is 276 g/mol. The van der Waals surface area contributed by atoms with Crippen molar-refractivity contribution in [2.45, 2.75) is 37.1 Å². The third kappa shape index (κ3) is 2.68. The summed E-state index contributed by atoms with van der Waals surface area (Å²) in [6.45, 7) is -0.468. The quantitative estimate of drug-likeness (QED) is 0.594. The van der Waals surface area contributed by atoms with E-state index in [9.17, 15) is 15.3 Å². The molecule has 1 aromatic rings. The van der Waals surface area contributed by atoms with Crippen LogP contribution in [0.4, 0.5) is 0 Å². The lowest BCUT2D eigenvalue weighted by Crippen LogP contribution is -2.59. The maximum absolute atomic E-state index is 9.93. The third-order valence-corrected chi connectivity index (χ3v) is 3.85. The van der Waals surface area contributed by atoms with Crippen molar-refractivity contribution in [1.29, 1.82) is 0 Å². The van der Waals surface area contributed by atoms with E-state index in [-0.39, 0.29) is 0 Å². The Morgan fingerprint density at radius 3 is 2.57 bits per heavy atom. The van der Waals surface area contributed by atoms with E-state index in [4.69, 9.17) is 14.6 Å². The second-order valence-electron chi connectivity index (χ2n) is 5.30. The van der Waals surface area contributed by atoms with Gasteiger partial charge in [-0.05, 0) is 17.2 Å². The van der Waals surface area contributed by atoms with Gasteiger partial charge in [-0.2, -0.15) is 0 Å². The molecule has 0 amide bonds. The lowest BCUT2D eigenvalue weighted by Gasteiger charge is -2.39. The third-order valence-electron chi connectivity index (χ3n) is 3.85. The molecule has 1 fully saturated rings. The fourth-order valence-corrected chi connectivity index (χ4v) is 2.64. The van der Waals surface area contributed by atoms with Gasteiger partial charge < -0.3 is 29.9 Å². The Labute approximate surface area is 121 Å². The number of aliphatic hydroxyl groups excluding tert-OH is 4. The largest absolute Gasteiger partial charge is 0.466 e. The zero-order valence-electron chi connectivity index (χ0n) is 11.3. The van der Waals surface area contributed by atoms with Gasteiger partial charge in [0.05, 0.1) is 6.61 Å². The monoisotopic (exact) mass is 294 g/mol. The van der Waals surface area contributed by atoms with Crippen LogP contribution in [0.15, 0.2) is 30.0 Å². The van der Waals surface area contributed by atoms with Gasteiger partial charge in [-0.1, -0.05) is 24.3 Å². The first-order chi connectivity index (χ1) is 10.1. The van der Waals surface area contributed by atoms with Crippen LogP contribution in [-0.4, -0.2) is 57.7 Å². The maximum Gasteiger partial charge on any atom is 0.228 e. The van der Waals surface area contributed by atoms with Gasteiger partial charge in [0, 0.05) is 6.42 Å². The highest BCUT2D eigenvalue weighted by molar-refractivity contribution is 5.61. The van der Waals surface area contributed by atoms with Crippen LogP contribution in [-0.2, 0) is 15.9 Å². The molecule has 5 atom stereocenters. The molecule has 1 heterocycles. The number of hydrogen-bond acceptors (Lipinski definition) is 6. The Balaban J connectivity index is 1.71. The molecule has 114 valence electrons. The van der Waals surface area contributed by atoms with Gasteiger partial charge in [-0.25, -0.2) is 0 Å². The van der Waals surface area contributed by atoms with Crippen LogP contribution in [0, 0.1) is 0 Å². The van der Waals surface area contributed by atoms with Crippen LogP contribution < -0.4 is 0 Å². The molecule has 1 aliphatic carbocycles. The first kappa shape index (κ1) is 14.5. The summed E-state index contributed by atoms with van der Waals surface area (Å²) >= 11 is 0. The summed E-state index contributed by atoms with van der Waals surface area (Å²) in [6.07, 6.45) is -3.85. The van der Waals surface area contributed by atoms with Crippen LogP contribution >= 0.6 is 0 Å². The summed E-state index contributed by atoms with van der Waals surface area (Å²) in [4.78, 5) is 0. The molecule has 0 radical (unpaired) electrons. The summed E-state index contributed by atoms with van der Waals surface area (Å²) in [5.74, 6) is 0.612. The number of aliphatic hydroxyl groups is 4. The van der Waals surface area contributed by atoms with Gasteiger partial charge in [0.25, 0.3) is 0 Å². The summed E-state index contributed by atoms with van der Waals surface area (Å²) < 4.78 is 10.9. The van der Waals surface area contributed by atoms with Gasteiger partial charge in [-0.3, -0.25) is 0 Å². The summed E-state index contributed by atoms with van der Waals surface area (Å²) in [5.41, 5.74) is 2.15. The molecule has 6 heteroatoms. The molecular formula is C15H18O6. The van der Waals surface area contributed by atoms with Crippen molar-refractivity contribution in [2.24, 2.45) is 0 Å². The Morgan fingerprint density at radius 1 is 1.10 bits per heavy atom. The highest BCUT2D eigenvalue weighted by Gasteiger charge is 2.45. The summed E-state index contributed by atoms with van der Waals surface area (Å²) in [5, 5.41) is 38.5. The zero-order chi connectivity index (χ0) is 15.0. The van der Waals surface area contributed by atoms with Crippen LogP contribution in [0.25, 0.3) is 6.08 Å². The van der Waals surface area contributed by atoms with E-state index >= 15 is 0 Å². The lowest BCUT2D eigenvalue weighted by molar-refractivity contribution is -0.291. The number of ether oxygens (including phenoxy) is 2. The fourth-order valence-electron chi connectivity index (χ4n) is 2.64. The summed E-state index contributed by atoms with van der Waals surface area (Å²) in [6, 6.07) is 7.80. The molecule has 0 saturated carbocycles. The van der Waals surface area contributed by atoms with E-state index in [0.29, 0.717) is 12.2 Å². The van der Waals surface area contributed by atoms with Crippen molar-refractivity contribution in [3.05, 3.63) is 41.2 Å². The minimum atomic E-state index is -1.43. The smallest absolute Gasteiger partial charge is 0.228 e. The molecule has 0 spiro atoms. The normalized spacial score (nSPS) is 35.2. The van der Waals surface area contributed by atoms with Crippen LogP contribution in [0.1, 0.15) is 11.1 Å². The van der Waals surface area contributed by atoms with Crippen molar-refractivity contribution >= 4 is 6.08 Å². The molecule has 3 rings (SSSR count). The first-order valence-corrected chi connectivity index (χ1v) is 6.86. The number of rotatable bonds is 3. The Kier molecular flexibility index (Phi) is 3.97. The molecule has 0 bridgehead atoms. The molecule has 1 aliphatic heterocycles. The molecule has 1 saturated heterocycles. The number of allylic oxidation sites excluding steroid dienone is 1. The predicted octanol–water partition coefficient (Wildman–Crippen LogP) is -0.600. The Bertz CT molecular complexity index is 541. The molecule has 0 aromatic heterocycles. The number of hydrogen-bond donors (Lipinski definition) is 4. The molecule has 2 aliphatic rings. The van der Waals surface area contributed by atoms with Crippen LogP contribution in [0.3, 0.4) is 0 Å². The van der Waals surface area contributed by atoms with E-state index in [1.54, 1.807) is 0 Å². The van der Waals surface area contributed by atoms with Gasteiger partial charge in [0.2, 0.25) is 6.29 Å². The van der Waals surface area contributed by atoms with Crippen molar-refractivity contribution in [3.63, 3.8) is 0 Å². The highest BCUT2D eigenvalue weighted by atomic mass is 16.7. The first-order valence-electron chi connectivity index (χ1n) is 6.86. The highest BCUT2D eigenvalue weighted by Crippen LogP contribution is 2.29. The second-order valence-corrected chi connectivity index (χ2v) is 5.30. The van der Waals surface area contributed by atoms with Crippen LogP contribution in [0.5, 0.6) is 0 Å². The molecule has 5 unspecified atom stereocenters. The van der Waals surface area contributed by atoms with Crippen LogP contribution in [0.2, 0.25) is 0 Å². The van der Waals surface area contributed by atoms with E-state index < -0.39 is 37.3 Å². The maximum atomic E-state index is 9.93. The predicted molar refractivity (Wildman–Crippen MR) is 73.0 cm³/mol. The number of benzene rings is 1. The van der Waals surface area contributed by atoms with Gasteiger partial charge in [0.15, 0.2) is 0 Å². The Hall–Kier alpha value is -1.44. The fraction of sp³-hybridized carbons (Fsp3) is 0.467. The minimum Gasteiger partial charge on any atom is -0.466 e. The zero-order valence-corrected chi connectivity index (χ0v) is 11.3. The van der Waals surface area contributed by atoms with E-state index in [2.05, 4.69) is 0 Å². The van der Waals surface area contributed by atoms with Crippen molar-refractivity contribution in [2.75, 3.05) is 6.61 Å². The van der Waals surface area contributed by atoms with Gasteiger partial charge in [0.1, 0.15) is 30.2 Å². The van der Waals surface area contributed by atoms with Crippen molar-refractivity contribution < 1.29 is 29.9 Å². The van der Waals surface area contributed by atoms with E-state index in [1.807, 2.05) is 30.3 Å². The topological polar surface area (TPSA) is 99.4 Å². The summed E-state index contributed by atoms with van der Waals surface area (Å²) in [7, 11) is 0. The van der Waals surface area contributed by atoms with Gasteiger partial charge >= 0.3 is 0 Å². The molecule has 4 N–H and O–H groups in total. The molecule has 6 nitrogen and oxygen atoms in total. The second kappa shape index (κ2) is 5.75. The standard InChI is InChI=1S/C15H18O6/c16-7-11-12(17)13(18)14(19)15(21-11)20-10-5-8-3-1-2-4-9(8)6-10/h1-5,11-19H,6-7H2. The average Bonchev–Trinajstić information content (AvgIpc) is 2.90. The van der Waals surface area contributed by atoms with E-state index in [0.717, 1.165) is 11.1 Å². The number of fused-ring (bicyclic) bond motifs is 1. The van der Waals surface area contributed by atoms with E-state index in [1.165, 1.54) is 0 Å². The Morgan fingerprint density at radius 2 is 1.86 bits per heavy atom. The molecule has 1 aromatic carbocycles. The SMILES string of the molecule is OCC1OC(OC2=Cc3ccccc3C2)C(O)C(O)C1O.